The van der Waals surface area contributed by atoms with Gasteiger partial charge in [0.15, 0.2) is 0 Å². The minimum absolute atomic E-state index is 0.0440. The summed E-state index contributed by atoms with van der Waals surface area (Å²) in [6, 6.07) is 10.3. The fourth-order valence-electron chi connectivity index (χ4n) is 2.03. The first kappa shape index (κ1) is 14.3. The van der Waals surface area contributed by atoms with Crippen LogP contribution >= 0.6 is 15.9 Å². The normalized spacial score (nSPS) is 12.6. The molecule has 1 unspecified atom stereocenters. The summed E-state index contributed by atoms with van der Waals surface area (Å²) in [6.45, 7) is 2.57. The van der Waals surface area contributed by atoms with Crippen LogP contribution in [0.1, 0.15) is 28.7 Å². The summed E-state index contributed by atoms with van der Waals surface area (Å²) in [7, 11) is 3.59. The Hall–Kier alpha value is -1.10. The van der Waals surface area contributed by atoms with Crippen molar-refractivity contribution in [2.45, 2.75) is 19.6 Å². The molecule has 0 amide bonds. The minimum Gasteiger partial charge on any atom is -0.462 e. The highest BCUT2D eigenvalue weighted by atomic mass is 79.9. The van der Waals surface area contributed by atoms with Crippen LogP contribution in [0.15, 0.2) is 39.2 Å². The first-order chi connectivity index (χ1) is 9.15. The van der Waals surface area contributed by atoms with Crippen LogP contribution in [0.25, 0.3) is 0 Å². The zero-order chi connectivity index (χ0) is 13.8. The van der Waals surface area contributed by atoms with Crippen LogP contribution in [-0.4, -0.2) is 14.2 Å². The molecule has 0 aliphatic heterocycles. The van der Waals surface area contributed by atoms with Gasteiger partial charge in [-0.15, -0.1) is 0 Å². The van der Waals surface area contributed by atoms with Gasteiger partial charge in [0.2, 0.25) is 0 Å². The number of aryl methyl sites for hydroxylation is 1. The standard InChI is InChI=1S/C15H18BrNO2/c1-10-4-5-11(8-13(10)16)15(17-2)14-7-6-12(19-14)9-18-3/h4-8,15,17H,9H2,1-3H3. The van der Waals surface area contributed by atoms with Crippen molar-refractivity contribution in [2.24, 2.45) is 0 Å². The quantitative estimate of drug-likeness (QED) is 0.908. The number of hydrogen-bond acceptors (Lipinski definition) is 3. The Morgan fingerprint density at radius 1 is 1.32 bits per heavy atom. The minimum atomic E-state index is 0.0440. The third kappa shape index (κ3) is 3.26. The van der Waals surface area contributed by atoms with E-state index in [1.54, 1.807) is 7.11 Å². The lowest BCUT2D eigenvalue weighted by Crippen LogP contribution is -2.17. The topological polar surface area (TPSA) is 34.4 Å². The van der Waals surface area contributed by atoms with Crippen molar-refractivity contribution in [1.82, 2.24) is 5.32 Å². The van der Waals surface area contributed by atoms with Gasteiger partial charge in [0.1, 0.15) is 18.1 Å². The number of methoxy groups -OCH3 is 1. The van der Waals surface area contributed by atoms with Crippen molar-refractivity contribution in [1.29, 1.82) is 0 Å². The van der Waals surface area contributed by atoms with Crippen LogP contribution in [0.4, 0.5) is 0 Å². The predicted octanol–water partition coefficient (Wildman–Crippen LogP) is 3.81. The SMILES string of the molecule is CNC(c1ccc(C)c(Br)c1)c1ccc(COC)o1. The number of rotatable bonds is 5. The first-order valence-electron chi connectivity index (χ1n) is 6.16. The van der Waals surface area contributed by atoms with Crippen LogP contribution in [0.3, 0.4) is 0 Å². The highest BCUT2D eigenvalue weighted by Crippen LogP contribution is 2.27. The van der Waals surface area contributed by atoms with Gasteiger partial charge in [0.25, 0.3) is 0 Å². The zero-order valence-corrected chi connectivity index (χ0v) is 13.0. The Bertz CT molecular complexity index is 551. The molecule has 0 aliphatic carbocycles. The molecule has 0 saturated carbocycles. The lowest BCUT2D eigenvalue weighted by Gasteiger charge is -2.15. The summed E-state index contributed by atoms with van der Waals surface area (Å²) in [4.78, 5) is 0. The Morgan fingerprint density at radius 3 is 2.74 bits per heavy atom. The number of ether oxygens (including phenoxy) is 1. The van der Waals surface area contributed by atoms with Crippen LogP contribution in [0.5, 0.6) is 0 Å². The molecular formula is C15H18BrNO2. The number of halogens is 1. The number of benzene rings is 1. The van der Waals surface area contributed by atoms with Crippen LogP contribution < -0.4 is 5.32 Å². The summed E-state index contributed by atoms with van der Waals surface area (Å²) >= 11 is 3.57. The molecule has 1 aromatic heterocycles. The van der Waals surface area contributed by atoms with Gasteiger partial charge < -0.3 is 14.5 Å². The van der Waals surface area contributed by atoms with E-state index in [4.69, 9.17) is 9.15 Å². The summed E-state index contributed by atoms with van der Waals surface area (Å²) in [6.07, 6.45) is 0. The van der Waals surface area contributed by atoms with Gasteiger partial charge >= 0.3 is 0 Å². The molecule has 0 saturated heterocycles. The smallest absolute Gasteiger partial charge is 0.129 e. The second-order valence-corrected chi connectivity index (χ2v) is 5.32. The maximum absolute atomic E-state index is 5.80. The van der Waals surface area contributed by atoms with Gasteiger partial charge in [0, 0.05) is 11.6 Å². The molecule has 0 bridgehead atoms. The van der Waals surface area contributed by atoms with E-state index in [9.17, 15) is 0 Å². The fraction of sp³-hybridized carbons (Fsp3) is 0.333. The van der Waals surface area contributed by atoms with Gasteiger partial charge in [-0.25, -0.2) is 0 Å². The molecule has 1 atom stereocenters. The highest BCUT2D eigenvalue weighted by Gasteiger charge is 2.16. The Balaban J connectivity index is 2.29. The molecule has 19 heavy (non-hydrogen) atoms. The summed E-state index contributed by atoms with van der Waals surface area (Å²) in [5.41, 5.74) is 2.39. The first-order valence-corrected chi connectivity index (χ1v) is 6.96. The van der Waals surface area contributed by atoms with Gasteiger partial charge in [-0.1, -0.05) is 28.1 Å². The monoisotopic (exact) mass is 323 g/mol. The Kier molecular flexibility index (Phi) is 4.80. The van der Waals surface area contributed by atoms with E-state index < -0.39 is 0 Å². The molecule has 1 N–H and O–H groups in total. The molecule has 4 heteroatoms. The maximum atomic E-state index is 5.80. The van der Waals surface area contributed by atoms with Crippen molar-refractivity contribution < 1.29 is 9.15 Å². The predicted molar refractivity (Wildman–Crippen MR) is 79.2 cm³/mol. The molecule has 0 aliphatic rings. The van der Waals surface area contributed by atoms with E-state index in [0.29, 0.717) is 6.61 Å². The molecule has 0 radical (unpaired) electrons. The fourth-order valence-corrected chi connectivity index (χ4v) is 2.43. The lowest BCUT2D eigenvalue weighted by molar-refractivity contribution is 0.162. The van der Waals surface area contributed by atoms with Crippen molar-refractivity contribution in [3.05, 3.63) is 57.5 Å². The summed E-state index contributed by atoms with van der Waals surface area (Å²) in [5, 5.41) is 3.28. The van der Waals surface area contributed by atoms with E-state index >= 15 is 0 Å². The number of furan rings is 1. The summed E-state index contributed by atoms with van der Waals surface area (Å²) < 4.78 is 12.0. The summed E-state index contributed by atoms with van der Waals surface area (Å²) in [5.74, 6) is 1.73. The van der Waals surface area contributed by atoms with E-state index in [-0.39, 0.29) is 6.04 Å². The molecule has 2 aromatic rings. The Morgan fingerprint density at radius 2 is 2.11 bits per heavy atom. The van der Waals surface area contributed by atoms with Crippen molar-refractivity contribution >= 4 is 15.9 Å². The van der Waals surface area contributed by atoms with E-state index in [2.05, 4.69) is 46.4 Å². The van der Waals surface area contributed by atoms with Crippen LogP contribution in [0, 0.1) is 6.92 Å². The Labute approximate surface area is 122 Å². The second kappa shape index (κ2) is 6.37. The van der Waals surface area contributed by atoms with Gasteiger partial charge in [-0.3, -0.25) is 0 Å². The van der Waals surface area contributed by atoms with Gasteiger partial charge in [-0.2, -0.15) is 0 Å². The lowest BCUT2D eigenvalue weighted by atomic mass is 10.0. The largest absolute Gasteiger partial charge is 0.462 e. The van der Waals surface area contributed by atoms with E-state index in [1.165, 1.54) is 11.1 Å². The average Bonchev–Trinajstić information content (AvgIpc) is 2.83. The number of nitrogens with one attached hydrogen (secondary N) is 1. The highest BCUT2D eigenvalue weighted by molar-refractivity contribution is 9.10. The van der Waals surface area contributed by atoms with Gasteiger partial charge in [0.05, 0.1) is 6.04 Å². The zero-order valence-electron chi connectivity index (χ0n) is 11.4. The third-order valence-electron chi connectivity index (χ3n) is 3.07. The van der Waals surface area contributed by atoms with Crippen molar-refractivity contribution in [2.75, 3.05) is 14.2 Å². The number of hydrogen-bond donors (Lipinski definition) is 1. The second-order valence-electron chi connectivity index (χ2n) is 4.47. The molecule has 3 nitrogen and oxygen atoms in total. The molecule has 0 fully saturated rings. The average molecular weight is 324 g/mol. The molecule has 102 valence electrons. The molecule has 2 rings (SSSR count). The molecule has 1 heterocycles. The molecule has 1 aromatic carbocycles. The van der Waals surface area contributed by atoms with Crippen molar-refractivity contribution in [3.63, 3.8) is 0 Å². The molecular weight excluding hydrogens is 306 g/mol. The molecule has 0 spiro atoms. The van der Waals surface area contributed by atoms with E-state index in [1.807, 2.05) is 19.2 Å². The van der Waals surface area contributed by atoms with Crippen LogP contribution in [-0.2, 0) is 11.3 Å². The van der Waals surface area contributed by atoms with E-state index in [0.717, 1.165) is 16.0 Å². The van der Waals surface area contributed by atoms with Crippen molar-refractivity contribution in [3.8, 4) is 0 Å². The van der Waals surface area contributed by atoms with Gasteiger partial charge in [-0.05, 0) is 43.3 Å². The van der Waals surface area contributed by atoms with Crippen LogP contribution in [0.2, 0.25) is 0 Å². The third-order valence-corrected chi connectivity index (χ3v) is 3.93. The maximum Gasteiger partial charge on any atom is 0.129 e.